The van der Waals surface area contributed by atoms with Crippen molar-refractivity contribution in [1.29, 1.82) is 0 Å². The van der Waals surface area contributed by atoms with E-state index in [-0.39, 0.29) is 12.0 Å². The molecule has 0 unspecified atom stereocenters. The maximum Gasteiger partial charge on any atom is 0.289 e. The van der Waals surface area contributed by atoms with Gasteiger partial charge in [-0.2, -0.15) is 5.10 Å². The number of benzene rings is 2. The van der Waals surface area contributed by atoms with Gasteiger partial charge in [0.25, 0.3) is 5.91 Å². The molecule has 0 N–H and O–H groups in total. The van der Waals surface area contributed by atoms with Gasteiger partial charge in [-0.25, -0.2) is 4.68 Å². The van der Waals surface area contributed by atoms with Gasteiger partial charge in [-0.3, -0.25) is 4.79 Å². The summed E-state index contributed by atoms with van der Waals surface area (Å²) in [5.41, 5.74) is 2.53. The van der Waals surface area contributed by atoms with Crippen LogP contribution in [0.5, 0.6) is 17.4 Å². The van der Waals surface area contributed by atoms with Crippen molar-refractivity contribution >= 4 is 5.91 Å². The van der Waals surface area contributed by atoms with Gasteiger partial charge in [-0.05, 0) is 55.7 Å². The zero-order chi connectivity index (χ0) is 25.6. The van der Waals surface area contributed by atoms with Crippen molar-refractivity contribution in [3.63, 3.8) is 0 Å². The van der Waals surface area contributed by atoms with Gasteiger partial charge in [0.1, 0.15) is 0 Å². The second-order valence-electron chi connectivity index (χ2n) is 8.88. The molecule has 1 atom stereocenters. The molecule has 0 saturated carbocycles. The number of nitrogens with zero attached hydrogens (tertiary/aromatic N) is 3. The Morgan fingerprint density at radius 1 is 1.08 bits per heavy atom. The van der Waals surface area contributed by atoms with Crippen molar-refractivity contribution in [1.82, 2.24) is 14.7 Å². The number of rotatable bonds is 10. The molecule has 0 spiro atoms. The Hall–Kier alpha value is -4.04. The Bertz CT molecular complexity index is 1310. The second kappa shape index (κ2) is 11.3. The molecular formula is C29H31N3O5. The van der Waals surface area contributed by atoms with E-state index in [1.807, 2.05) is 61.5 Å². The number of amides is 1. The molecular weight excluding hydrogens is 470 g/mol. The molecule has 3 heterocycles. The first kappa shape index (κ1) is 24.6. The minimum absolute atomic E-state index is 0.0215. The average molecular weight is 502 g/mol. The van der Waals surface area contributed by atoms with Crippen LogP contribution in [-0.4, -0.2) is 47.0 Å². The Kier molecular flexibility index (Phi) is 7.56. The van der Waals surface area contributed by atoms with Crippen molar-refractivity contribution in [2.75, 3.05) is 20.3 Å². The molecule has 0 bridgehead atoms. The van der Waals surface area contributed by atoms with Crippen LogP contribution in [0.3, 0.4) is 0 Å². The normalized spacial score (nSPS) is 15.0. The molecule has 37 heavy (non-hydrogen) atoms. The fraction of sp³-hybridized carbons (Fsp3) is 0.310. The van der Waals surface area contributed by atoms with Crippen LogP contribution in [-0.2, 0) is 17.7 Å². The van der Waals surface area contributed by atoms with E-state index in [0.29, 0.717) is 49.3 Å². The molecule has 1 aliphatic heterocycles. The lowest BCUT2D eigenvalue weighted by Gasteiger charge is -2.25. The zero-order valence-corrected chi connectivity index (χ0v) is 21.1. The molecule has 1 amide bonds. The fourth-order valence-electron chi connectivity index (χ4n) is 4.58. The van der Waals surface area contributed by atoms with E-state index in [0.717, 1.165) is 29.8 Å². The highest BCUT2D eigenvalue weighted by atomic mass is 16.5. The van der Waals surface area contributed by atoms with Crippen LogP contribution in [0.15, 0.2) is 77.4 Å². The van der Waals surface area contributed by atoms with Crippen LogP contribution in [0.4, 0.5) is 0 Å². The van der Waals surface area contributed by atoms with Gasteiger partial charge in [0.15, 0.2) is 17.3 Å². The minimum Gasteiger partial charge on any atom is -0.493 e. The largest absolute Gasteiger partial charge is 0.493 e. The van der Waals surface area contributed by atoms with Crippen LogP contribution in [0.1, 0.15) is 41.6 Å². The van der Waals surface area contributed by atoms with Gasteiger partial charge in [0.2, 0.25) is 5.88 Å². The highest BCUT2D eigenvalue weighted by Crippen LogP contribution is 2.36. The molecule has 1 fully saturated rings. The third-order valence-electron chi connectivity index (χ3n) is 6.45. The van der Waals surface area contributed by atoms with Crippen molar-refractivity contribution in [3.8, 4) is 23.1 Å². The Morgan fingerprint density at radius 3 is 2.54 bits per heavy atom. The number of para-hydroxylation sites is 3. The van der Waals surface area contributed by atoms with Crippen molar-refractivity contribution in [2.45, 2.75) is 38.8 Å². The van der Waals surface area contributed by atoms with E-state index in [1.54, 1.807) is 28.8 Å². The first-order chi connectivity index (χ1) is 18.2. The molecule has 8 nitrogen and oxygen atoms in total. The average Bonchev–Trinajstić information content (AvgIpc) is 3.71. The van der Waals surface area contributed by atoms with Crippen LogP contribution in [0.2, 0.25) is 0 Å². The van der Waals surface area contributed by atoms with Crippen LogP contribution in [0, 0.1) is 0 Å². The molecule has 0 radical (unpaired) electrons. The third-order valence-corrected chi connectivity index (χ3v) is 6.45. The van der Waals surface area contributed by atoms with E-state index < -0.39 is 0 Å². The van der Waals surface area contributed by atoms with Gasteiger partial charge < -0.3 is 23.5 Å². The summed E-state index contributed by atoms with van der Waals surface area (Å²) in [5.74, 6) is 1.80. The number of aromatic nitrogens is 2. The maximum atomic E-state index is 13.5. The summed E-state index contributed by atoms with van der Waals surface area (Å²) in [7, 11) is 1.61. The minimum atomic E-state index is -0.196. The smallest absolute Gasteiger partial charge is 0.289 e. The van der Waals surface area contributed by atoms with Crippen LogP contribution >= 0.6 is 0 Å². The lowest BCUT2D eigenvalue weighted by molar-refractivity contribution is 0.0482. The lowest BCUT2D eigenvalue weighted by atomic mass is 10.1. The number of hydrogen-bond donors (Lipinski definition) is 0. The first-order valence-electron chi connectivity index (χ1n) is 12.6. The number of hydrogen-bond acceptors (Lipinski definition) is 6. The summed E-state index contributed by atoms with van der Waals surface area (Å²) < 4.78 is 25.2. The van der Waals surface area contributed by atoms with Crippen molar-refractivity contribution in [2.24, 2.45) is 0 Å². The molecule has 0 aliphatic carbocycles. The van der Waals surface area contributed by atoms with E-state index in [1.165, 1.54) is 6.26 Å². The predicted molar refractivity (Wildman–Crippen MR) is 138 cm³/mol. The maximum absolute atomic E-state index is 13.5. The number of aryl methyl sites for hydroxylation is 1. The van der Waals surface area contributed by atoms with Crippen LogP contribution in [0.25, 0.3) is 5.69 Å². The van der Waals surface area contributed by atoms with E-state index in [4.69, 9.17) is 23.7 Å². The van der Waals surface area contributed by atoms with Crippen molar-refractivity contribution < 1.29 is 23.4 Å². The molecule has 1 aliphatic rings. The number of methoxy groups -OCH3 is 1. The highest BCUT2D eigenvalue weighted by molar-refractivity contribution is 5.91. The summed E-state index contributed by atoms with van der Waals surface area (Å²) >= 11 is 0. The van der Waals surface area contributed by atoms with E-state index in [9.17, 15) is 4.79 Å². The van der Waals surface area contributed by atoms with Gasteiger partial charge in [-0.1, -0.05) is 37.3 Å². The molecule has 4 aromatic rings. The van der Waals surface area contributed by atoms with Gasteiger partial charge in [0, 0.05) is 13.2 Å². The first-order valence-corrected chi connectivity index (χ1v) is 12.6. The summed E-state index contributed by atoms with van der Waals surface area (Å²) in [6.07, 6.45) is 4.06. The molecule has 2 aromatic carbocycles. The Labute approximate surface area is 216 Å². The van der Waals surface area contributed by atoms with Gasteiger partial charge >= 0.3 is 0 Å². The van der Waals surface area contributed by atoms with E-state index in [2.05, 4.69) is 0 Å². The molecule has 1 saturated heterocycles. The highest BCUT2D eigenvalue weighted by Gasteiger charge is 2.29. The molecule has 192 valence electrons. The number of furan rings is 1. The Morgan fingerprint density at radius 2 is 1.86 bits per heavy atom. The number of carbonyl (C=O) groups is 1. The lowest BCUT2D eigenvalue weighted by Crippen LogP contribution is -2.37. The quantitative estimate of drug-likeness (QED) is 0.279. The monoisotopic (exact) mass is 501 g/mol. The molecule has 5 rings (SSSR count). The second-order valence-corrected chi connectivity index (χ2v) is 8.88. The molecule has 8 heteroatoms. The fourth-order valence-corrected chi connectivity index (χ4v) is 4.58. The zero-order valence-electron chi connectivity index (χ0n) is 21.1. The standard InChI is InChI=1S/C29H31N3O5/c1-3-24-23(20-31(19-22-13-9-17-35-22)28(33)27-16-10-18-36-27)29(32(30-24)21-11-5-4-6-12-21)37-26-15-8-7-14-25(26)34-2/h4-8,10-12,14-16,18,22H,3,9,13,17,19-20H2,1-2H3/t22-/m0/s1. The van der Waals surface area contributed by atoms with E-state index >= 15 is 0 Å². The predicted octanol–water partition coefficient (Wildman–Crippen LogP) is 5.65. The SMILES string of the molecule is CCc1nn(-c2ccccc2)c(Oc2ccccc2OC)c1CN(C[C@@H]1CCCO1)C(=O)c1ccco1. The third kappa shape index (κ3) is 5.39. The summed E-state index contributed by atoms with van der Waals surface area (Å²) in [4.78, 5) is 15.3. The van der Waals surface area contributed by atoms with Crippen LogP contribution < -0.4 is 9.47 Å². The Balaban J connectivity index is 1.58. The molecule has 2 aromatic heterocycles. The summed E-state index contributed by atoms with van der Waals surface area (Å²) in [5, 5.41) is 4.92. The number of ether oxygens (including phenoxy) is 3. The summed E-state index contributed by atoms with van der Waals surface area (Å²) in [6, 6.07) is 20.7. The topological polar surface area (TPSA) is 79.0 Å². The van der Waals surface area contributed by atoms with Crippen molar-refractivity contribution in [3.05, 3.63) is 90.0 Å². The number of carbonyl (C=O) groups excluding carboxylic acids is 1. The van der Waals surface area contributed by atoms with Gasteiger partial charge in [0.05, 0.1) is 43.0 Å². The summed E-state index contributed by atoms with van der Waals surface area (Å²) in [6.45, 7) is 3.50. The van der Waals surface area contributed by atoms with Gasteiger partial charge in [-0.15, -0.1) is 0 Å².